The van der Waals surface area contributed by atoms with Crippen LogP contribution in [0.15, 0.2) is 40.5 Å². The Labute approximate surface area is 113 Å². The number of nitrogens with zero attached hydrogens (tertiary/aromatic N) is 3. The SMILES string of the molecule is Cc1ccnc(Sc2ccc([N+](=O)[O-])cc2C=O)n1. The molecule has 1 heterocycles. The standard InChI is InChI=1S/C12H9N3O3S/c1-8-4-5-13-12(14-8)19-11-3-2-10(15(17)18)6-9(11)7-16/h2-7H,1H3. The number of hydrogen-bond acceptors (Lipinski definition) is 6. The fourth-order valence-corrected chi connectivity index (χ4v) is 2.27. The first kappa shape index (κ1) is 13.2. The highest BCUT2D eigenvalue weighted by Gasteiger charge is 2.12. The summed E-state index contributed by atoms with van der Waals surface area (Å²) < 4.78 is 0. The maximum atomic E-state index is 11.0. The molecule has 0 aliphatic carbocycles. The second-order valence-electron chi connectivity index (χ2n) is 3.68. The first-order valence-electron chi connectivity index (χ1n) is 5.31. The number of carbonyl (C=O) groups is 1. The summed E-state index contributed by atoms with van der Waals surface area (Å²) in [4.78, 5) is 29.9. The van der Waals surface area contributed by atoms with E-state index in [0.29, 0.717) is 16.3 Å². The largest absolute Gasteiger partial charge is 0.298 e. The molecule has 0 bridgehead atoms. The summed E-state index contributed by atoms with van der Waals surface area (Å²) in [6.45, 7) is 1.84. The van der Waals surface area contributed by atoms with Crippen molar-refractivity contribution in [1.82, 2.24) is 9.97 Å². The van der Waals surface area contributed by atoms with Gasteiger partial charge in [0.05, 0.1) is 4.92 Å². The van der Waals surface area contributed by atoms with E-state index in [2.05, 4.69) is 9.97 Å². The molecular weight excluding hydrogens is 266 g/mol. The zero-order valence-electron chi connectivity index (χ0n) is 9.94. The summed E-state index contributed by atoms with van der Waals surface area (Å²) in [5.74, 6) is 0. The van der Waals surface area contributed by atoms with Crippen molar-refractivity contribution in [2.75, 3.05) is 0 Å². The van der Waals surface area contributed by atoms with Crippen molar-refractivity contribution in [3.8, 4) is 0 Å². The Kier molecular flexibility index (Phi) is 3.86. The summed E-state index contributed by atoms with van der Waals surface area (Å²) in [5, 5.41) is 11.1. The predicted molar refractivity (Wildman–Crippen MR) is 69.4 cm³/mol. The van der Waals surface area contributed by atoms with Gasteiger partial charge in [0.15, 0.2) is 11.4 Å². The van der Waals surface area contributed by atoms with Crippen LogP contribution in [0.1, 0.15) is 16.1 Å². The van der Waals surface area contributed by atoms with E-state index in [1.165, 1.54) is 30.0 Å². The van der Waals surface area contributed by atoms with Gasteiger partial charge >= 0.3 is 0 Å². The summed E-state index contributed by atoms with van der Waals surface area (Å²) in [5.41, 5.74) is 0.952. The van der Waals surface area contributed by atoms with Crippen LogP contribution >= 0.6 is 11.8 Å². The normalized spacial score (nSPS) is 10.2. The Balaban J connectivity index is 2.35. The number of hydrogen-bond donors (Lipinski definition) is 0. The molecule has 0 unspecified atom stereocenters. The van der Waals surface area contributed by atoms with Crippen LogP contribution in [0.25, 0.3) is 0 Å². The van der Waals surface area contributed by atoms with E-state index in [-0.39, 0.29) is 11.3 Å². The fraction of sp³-hybridized carbons (Fsp3) is 0.0833. The van der Waals surface area contributed by atoms with Crippen molar-refractivity contribution in [2.45, 2.75) is 17.0 Å². The average Bonchev–Trinajstić information content (AvgIpc) is 2.39. The van der Waals surface area contributed by atoms with Crippen molar-refractivity contribution < 1.29 is 9.72 Å². The van der Waals surface area contributed by atoms with Crippen molar-refractivity contribution in [1.29, 1.82) is 0 Å². The summed E-state index contributed by atoms with van der Waals surface area (Å²) in [7, 11) is 0. The van der Waals surface area contributed by atoms with E-state index < -0.39 is 4.92 Å². The molecule has 6 nitrogen and oxygen atoms in total. The van der Waals surface area contributed by atoms with Crippen LogP contribution in [0.4, 0.5) is 5.69 Å². The number of aldehydes is 1. The van der Waals surface area contributed by atoms with Crippen LogP contribution in [-0.2, 0) is 0 Å². The topological polar surface area (TPSA) is 86.0 Å². The molecule has 0 atom stereocenters. The van der Waals surface area contributed by atoms with Gasteiger partial charge in [0.1, 0.15) is 0 Å². The average molecular weight is 275 g/mol. The van der Waals surface area contributed by atoms with Gasteiger partial charge in [-0.05, 0) is 30.8 Å². The molecule has 0 radical (unpaired) electrons. The van der Waals surface area contributed by atoms with Crippen molar-refractivity contribution in [2.24, 2.45) is 0 Å². The molecule has 19 heavy (non-hydrogen) atoms. The Morgan fingerprint density at radius 2 is 2.16 bits per heavy atom. The van der Waals surface area contributed by atoms with Gasteiger partial charge in [0, 0.05) is 34.5 Å². The van der Waals surface area contributed by atoms with Gasteiger partial charge in [-0.15, -0.1) is 0 Å². The number of rotatable bonds is 4. The van der Waals surface area contributed by atoms with Gasteiger partial charge in [-0.25, -0.2) is 9.97 Å². The van der Waals surface area contributed by atoms with E-state index in [0.717, 1.165) is 5.69 Å². The first-order valence-corrected chi connectivity index (χ1v) is 6.13. The van der Waals surface area contributed by atoms with Crippen LogP contribution in [0.5, 0.6) is 0 Å². The number of aromatic nitrogens is 2. The predicted octanol–water partition coefficient (Wildman–Crippen LogP) is 2.66. The van der Waals surface area contributed by atoms with E-state index in [9.17, 15) is 14.9 Å². The zero-order chi connectivity index (χ0) is 13.8. The highest BCUT2D eigenvalue weighted by Crippen LogP contribution is 2.29. The van der Waals surface area contributed by atoms with Crippen molar-refractivity contribution >= 4 is 23.7 Å². The van der Waals surface area contributed by atoms with Gasteiger partial charge in [-0.2, -0.15) is 0 Å². The Hall–Kier alpha value is -2.28. The lowest BCUT2D eigenvalue weighted by Crippen LogP contribution is -1.93. The van der Waals surface area contributed by atoms with Gasteiger partial charge < -0.3 is 0 Å². The van der Waals surface area contributed by atoms with Crippen LogP contribution in [-0.4, -0.2) is 21.2 Å². The summed E-state index contributed by atoms with van der Waals surface area (Å²) >= 11 is 1.20. The van der Waals surface area contributed by atoms with E-state index in [1.54, 1.807) is 12.3 Å². The van der Waals surface area contributed by atoms with E-state index in [4.69, 9.17) is 0 Å². The van der Waals surface area contributed by atoms with Crippen LogP contribution in [0.3, 0.4) is 0 Å². The summed E-state index contributed by atoms with van der Waals surface area (Å²) in [6, 6.07) is 5.88. The number of carbonyl (C=O) groups excluding carboxylic acids is 1. The summed E-state index contributed by atoms with van der Waals surface area (Å²) in [6.07, 6.45) is 2.21. The van der Waals surface area contributed by atoms with Crippen molar-refractivity contribution in [3.05, 3.63) is 51.8 Å². The number of aryl methyl sites for hydroxylation is 1. The molecule has 1 aromatic carbocycles. The third-order valence-electron chi connectivity index (χ3n) is 2.31. The molecule has 0 amide bonds. The van der Waals surface area contributed by atoms with Gasteiger partial charge in [0.25, 0.3) is 5.69 Å². The third kappa shape index (κ3) is 3.14. The monoisotopic (exact) mass is 275 g/mol. The van der Waals surface area contributed by atoms with E-state index >= 15 is 0 Å². The van der Waals surface area contributed by atoms with E-state index in [1.807, 2.05) is 6.92 Å². The Morgan fingerprint density at radius 1 is 1.37 bits per heavy atom. The second-order valence-corrected chi connectivity index (χ2v) is 4.69. The molecule has 0 spiro atoms. The lowest BCUT2D eigenvalue weighted by molar-refractivity contribution is -0.384. The highest BCUT2D eigenvalue weighted by molar-refractivity contribution is 7.99. The van der Waals surface area contributed by atoms with Crippen molar-refractivity contribution in [3.63, 3.8) is 0 Å². The third-order valence-corrected chi connectivity index (χ3v) is 3.28. The molecule has 96 valence electrons. The minimum atomic E-state index is -0.537. The molecule has 0 saturated heterocycles. The molecule has 7 heteroatoms. The highest BCUT2D eigenvalue weighted by atomic mass is 32.2. The Bertz CT molecular complexity index is 646. The molecule has 2 aromatic rings. The fourth-order valence-electron chi connectivity index (χ4n) is 1.41. The lowest BCUT2D eigenvalue weighted by atomic mass is 10.2. The van der Waals surface area contributed by atoms with Crippen LogP contribution in [0, 0.1) is 17.0 Å². The molecule has 2 rings (SSSR count). The van der Waals surface area contributed by atoms with Crippen LogP contribution in [0.2, 0.25) is 0 Å². The molecule has 0 aliphatic rings. The van der Waals surface area contributed by atoms with Gasteiger partial charge in [-0.3, -0.25) is 14.9 Å². The lowest BCUT2D eigenvalue weighted by Gasteiger charge is -2.03. The maximum Gasteiger partial charge on any atom is 0.270 e. The molecule has 0 N–H and O–H groups in total. The minimum absolute atomic E-state index is 0.114. The van der Waals surface area contributed by atoms with Gasteiger partial charge in [-0.1, -0.05) is 0 Å². The van der Waals surface area contributed by atoms with Gasteiger partial charge in [0.2, 0.25) is 0 Å². The second kappa shape index (κ2) is 5.57. The zero-order valence-corrected chi connectivity index (χ0v) is 10.8. The molecular formula is C12H9N3O3S. The first-order chi connectivity index (χ1) is 9.10. The number of nitro benzene ring substituents is 1. The van der Waals surface area contributed by atoms with Crippen LogP contribution < -0.4 is 0 Å². The smallest absolute Gasteiger partial charge is 0.270 e. The minimum Gasteiger partial charge on any atom is -0.298 e. The molecule has 1 aromatic heterocycles. The molecule has 0 saturated carbocycles. The number of non-ortho nitro benzene ring substituents is 1. The molecule has 0 aliphatic heterocycles. The maximum absolute atomic E-state index is 11.0. The number of benzene rings is 1. The quantitative estimate of drug-likeness (QED) is 0.369. The molecule has 0 fully saturated rings. The Morgan fingerprint density at radius 3 is 2.79 bits per heavy atom. The number of nitro groups is 1.